The highest BCUT2D eigenvalue weighted by atomic mass is 16.4. The molecular formula is C18H18N2O4. The van der Waals surface area contributed by atoms with Gasteiger partial charge >= 0.3 is 5.97 Å². The van der Waals surface area contributed by atoms with Crippen molar-refractivity contribution in [2.24, 2.45) is 5.41 Å². The Kier molecular flexibility index (Phi) is 3.97. The van der Waals surface area contributed by atoms with Crippen LogP contribution in [-0.2, 0) is 16.1 Å². The molecule has 1 aliphatic carbocycles. The lowest BCUT2D eigenvalue weighted by Gasteiger charge is -2.12. The van der Waals surface area contributed by atoms with Crippen LogP contribution in [0.15, 0.2) is 47.4 Å². The van der Waals surface area contributed by atoms with Gasteiger partial charge in [0.05, 0.1) is 6.54 Å². The molecule has 1 aromatic heterocycles. The van der Waals surface area contributed by atoms with Crippen LogP contribution >= 0.6 is 0 Å². The van der Waals surface area contributed by atoms with Gasteiger partial charge in [-0.3, -0.25) is 14.4 Å². The van der Waals surface area contributed by atoms with Gasteiger partial charge in [-0.15, -0.1) is 0 Å². The lowest BCUT2D eigenvalue weighted by molar-refractivity contribution is -0.147. The standard InChI is InChI=1S/C18H18N2O4/c1-12-4-6-13(7-5-12)11-20-10-2-3-14(15(20)21)19-16(22)18(8-9-18)17(23)24/h2-7,10H,8-9,11H2,1H3,(H,19,22)(H,23,24). The van der Waals surface area contributed by atoms with E-state index in [1.807, 2.05) is 31.2 Å². The van der Waals surface area contributed by atoms with Gasteiger partial charge in [-0.25, -0.2) is 0 Å². The second kappa shape index (κ2) is 5.96. The number of aliphatic carboxylic acids is 1. The Hall–Kier alpha value is -2.89. The van der Waals surface area contributed by atoms with Crippen LogP contribution in [0, 0.1) is 12.3 Å². The fourth-order valence-electron chi connectivity index (χ4n) is 2.55. The molecule has 2 N–H and O–H groups in total. The van der Waals surface area contributed by atoms with Crippen LogP contribution in [0.1, 0.15) is 24.0 Å². The van der Waals surface area contributed by atoms with Crippen LogP contribution in [0.3, 0.4) is 0 Å². The Morgan fingerprint density at radius 3 is 2.46 bits per heavy atom. The van der Waals surface area contributed by atoms with Crippen molar-refractivity contribution in [3.05, 3.63) is 64.1 Å². The molecule has 0 bridgehead atoms. The van der Waals surface area contributed by atoms with Gasteiger partial charge in [0.1, 0.15) is 11.1 Å². The number of hydrogen-bond acceptors (Lipinski definition) is 3. The molecule has 1 amide bonds. The Morgan fingerprint density at radius 2 is 1.88 bits per heavy atom. The maximum Gasteiger partial charge on any atom is 0.319 e. The molecule has 6 nitrogen and oxygen atoms in total. The van der Waals surface area contributed by atoms with Gasteiger partial charge in [-0.1, -0.05) is 29.8 Å². The van der Waals surface area contributed by atoms with Crippen molar-refractivity contribution < 1.29 is 14.7 Å². The summed E-state index contributed by atoms with van der Waals surface area (Å²) in [4.78, 5) is 35.8. The summed E-state index contributed by atoms with van der Waals surface area (Å²) in [6, 6.07) is 11.0. The molecule has 0 saturated heterocycles. The van der Waals surface area contributed by atoms with Gasteiger partial charge in [0.25, 0.3) is 5.56 Å². The van der Waals surface area contributed by atoms with Crippen LogP contribution in [0.25, 0.3) is 0 Å². The van der Waals surface area contributed by atoms with E-state index in [2.05, 4.69) is 5.32 Å². The predicted molar refractivity (Wildman–Crippen MR) is 88.9 cm³/mol. The number of benzene rings is 1. The van der Waals surface area contributed by atoms with Crippen molar-refractivity contribution in [2.45, 2.75) is 26.3 Å². The minimum absolute atomic E-state index is 0.0992. The van der Waals surface area contributed by atoms with Crippen LogP contribution in [-0.4, -0.2) is 21.6 Å². The predicted octanol–water partition coefficient (Wildman–Crippen LogP) is 2.01. The average Bonchev–Trinajstić information content (AvgIpc) is 3.35. The molecule has 1 aliphatic rings. The maximum atomic E-state index is 12.5. The Bertz CT molecular complexity index is 848. The average molecular weight is 326 g/mol. The first-order valence-corrected chi connectivity index (χ1v) is 7.72. The smallest absolute Gasteiger partial charge is 0.319 e. The van der Waals surface area contributed by atoms with Crippen molar-refractivity contribution in [3.8, 4) is 0 Å². The summed E-state index contributed by atoms with van der Waals surface area (Å²) in [5, 5.41) is 11.6. The molecule has 124 valence electrons. The van der Waals surface area contributed by atoms with E-state index in [0.717, 1.165) is 11.1 Å². The summed E-state index contributed by atoms with van der Waals surface area (Å²) >= 11 is 0. The molecule has 2 aromatic rings. The molecule has 24 heavy (non-hydrogen) atoms. The molecule has 1 fully saturated rings. The van der Waals surface area contributed by atoms with Crippen molar-refractivity contribution in [1.82, 2.24) is 4.57 Å². The molecule has 0 atom stereocenters. The number of carboxylic acids is 1. The van der Waals surface area contributed by atoms with E-state index in [-0.39, 0.29) is 11.2 Å². The van der Waals surface area contributed by atoms with Gasteiger partial charge in [0, 0.05) is 6.20 Å². The Labute approximate surface area is 138 Å². The molecule has 0 aliphatic heterocycles. The second-order valence-electron chi connectivity index (χ2n) is 6.18. The number of hydrogen-bond donors (Lipinski definition) is 2. The largest absolute Gasteiger partial charge is 0.480 e. The first-order chi connectivity index (χ1) is 11.4. The zero-order chi connectivity index (χ0) is 17.3. The second-order valence-corrected chi connectivity index (χ2v) is 6.18. The van der Waals surface area contributed by atoms with Crippen LogP contribution in [0.2, 0.25) is 0 Å². The molecule has 1 aromatic carbocycles. The van der Waals surface area contributed by atoms with E-state index < -0.39 is 17.3 Å². The van der Waals surface area contributed by atoms with Gasteiger partial charge in [0.15, 0.2) is 0 Å². The fraction of sp³-hybridized carbons (Fsp3) is 0.278. The number of rotatable bonds is 5. The van der Waals surface area contributed by atoms with E-state index in [9.17, 15) is 14.4 Å². The summed E-state index contributed by atoms with van der Waals surface area (Å²) < 4.78 is 1.49. The number of aryl methyl sites for hydroxylation is 1. The van der Waals surface area contributed by atoms with Crippen molar-refractivity contribution in [2.75, 3.05) is 5.32 Å². The van der Waals surface area contributed by atoms with E-state index in [0.29, 0.717) is 19.4 Å². The summed E-state index contributed by atoms with van der Waals surface area (Å²) in [6.07, 6.45) is 2.25. The zero-order valence-electron chi connectivity index (χ0n) is 13.3. The summed E-state index contributed by atoms with van der Waals surface area (Å²) in [6.45, 7) is 2.37. The molecule has 1 saturated carbocycles. The minimum Gasteiger partial charge on any atom is -0.480 e. The number of amides is 1. The maximum absolute atomic E-state index is 12.5. The number of anilines is 1. The number of nitrogens with zero attached hydrogens (tertiary/aromatic N) is 1. The van der Waals surface area contributed by atoms with Crippen LogP contribution in [0.4, 0.5) is 5.69 Å². The zero-order valence-corrected chi connectivity index (χ0v) is 13.3. The van der Waals surface area contributed by atoms with Gasteiger partial charge in [-0.05, 0) is 37.5 Å². The number of carbonyl (C=O) groups excluding carboxylic acids is 1. The minimum atomic E-state index is -1.37. The van der Waals surface area contributed by atoms with Crippen molar-refractivity contribution in [3.63, 3.8) is 0 Å². The van der Waals surface area contributed by atoms with Gasteiger partial charge in [-0.2, -0.15) is 0 Å². The third-order valence-corrected chi connectivity index (χ3v) is 4.34. The first-order valence-electron chi connectivity index (χ1n) is 7.72. The summed E-state index contributed by atoms with van der Waals surface area (Å²) in [5.74, 6) is -1.77. The van der Waals surface area contributed by atoms with Gasteiger partial charge in [0.2, 0.25) is 5.91 Å². The Morgan fingerprint density at radius 1 is 1.21 bits per heavy atom. The van der Waals surface area contributed by atoms with Crippen LogP contribution in [0.5, 0.6) is 0 Å². The molecule has 0 radical (unpaired) electrons. The number of nitrogens with one attached hydrogen (secondary N) is 1. The molecule has 0 unspecified atom stereocenters. The quantitative estimate of drug-likeness (QED) is 0.823. The van der Waals surface area contributed by atoms with E-state index >= 15 is 0 Å². The lowest BCUT2D eigenvalue weighted by atomic mass is 10.1. The van der Waals surface area contributed by atoms with Crippen LogP contribution < -0.4 is 10.9 Å². The first kappa shape index (κ1) is 16.0. The third-order valence-electron chi connectivity index (χ3n) is 4.34. The molecule has 1 heterocycles. The lowest BCUT2D eigenvalue weighted by Crippen LogP contribution is -2.34. The van der Waals surface area contributed by atoms with E-state index in [4.69, 9.17) is 5.11 Å². The monoisotopic (exact) mass is 326 g/mol. The number of aromatic nitrogens is 1. The molecular weight excluding hydrogens is 308 g/mol. The fourth-order valence-corrected chi connectivity index (χ4v) is 2.55. The SMILES string of the molecule is Cc1ccc(Cn2cccc(NC(=O)C3(C(=O)O)CC3)c2=O)cc1. The topological polar surface area (TPSA) is 88.4 Å². The number of carbonyl (C=O) groups is 2. The normalized spacial score (nSPS) is 14.9. The van der Waals surface area contributed by atoms with Crippen molar-refractivity contribution in [1.29, 1.82) is 0 Å². The van der Waals surface area contributed by atoms with E-state index in [1.54, 1.807) is 12.3 Å². The number of carboxylic acid groups (broad SMARTS) is 1. The Balaban J connectivity index is 1.81. The highest BCUT2D eigenvalue weighted by Gasteiger charge is 2.57. The molecule has 6 heteroatoms. The number of pyridine rings is 1. The molecule has 3 rings (SSSR count). The third kappa shape index (κ3) is 2.95. The van der Waals surface area contributed by atoms with E-state index in [1.165, 1.54) is 10.6 Å². The van der Waals surface area contributed by atoms with Crippen molar-refractivity contribution >= 4 is 17.6 Å². The molecule has 0 spiro atoms. The highest BCUT2D eigenvalue weighted by Crippen LogP contribution is 2.46. The summed E-state index contributed by atoms with van der Waals surface area (Å²) in [7, 11) is 0. The highest BCUT2D eigenvalue weighted by molar-refractivity contribution is 6.10. The van der Waals surface area contributed by atoms with Gasteiger partial charge < -0.3 is 15.0 Å². The summed E-state index contributed by atoms with van der Waals surface area (Å²) in [5.41, 5.74) is 0.477.